The molecule has 0 saturated carbocycles. The topological polar surface area (TPSA) is 214 Å². The molecule has 396 valence electrons. The van der Waals surface area contributed by atoms with Gasteiger partial charge in [0.1, 0.15) is 54.9 Å². The normalized spacial score (nSPS) is 26.2. The molecule has 2 rings (SSSR count). The summed E-state index contributed by atoms with van der Waals surface area (Å²) in [6.45, 7) is 3.55. The predicted octanol–water partition coefficient (Wildman–Crippen LogP) is 8.35. The Labute approximate surface area is 410 Å². The fraction of sp³-hybridized carbons (Fsp3) is 0.833. The molecule has 2 fully saturated rings. The first-order valence-electron chi connectivity index (χ1n) is 26.7. The maximum absolute atomic E-state index is 13.0. The molecule has 2 heterocycles. The standard InChI is InChI=1S/C54H96O14/c1-3-5-7-9-11-13-15-17-19-21-22-24-26-28-30-32-34-36-38-63-40-43(66-46(56)37-35-33-31-29-27-25-23-20-18-16-14-12-10-8-6-4-2)41-64-53-52(62)50(60)48(58)45(68-53)42-65-54-51(61)49(59)47(57)44(39-55)67-54/h5,7,11,13,17,19-20,23,43-45,47-55,57-62H,3-4,6,8-10,12,14-16,18,21-22,24-42H2,1-2H3/b7-5-,13-11-,19-17-,23-20-. The van der Waals surface area contributed by atoms with E-state index >= 15 is 0 Å². The van der Waals surface area contributed by atoms with Crippen LogP contribution >= 0.6 is 0 Å². The summed E-state index contributed by atoms with van der Waals surface area (Å²) >= 11 is 0. The Morgan fingerprint density at radius 3 is 1.51 bits per heavy atom. The summed E-state index contributed by atoms with van der Waals surface area (Å²) in [6, 6.07) is 0. The van der Waals surface area contributed by atoms with Gasteiger partial charge in [-0.1, -0.05) is 159 Å². The summed E-state index contributed by atoms with van der Waals surface area (Å²) in [5, 5.41) is 72.2. The van der Waals surface area contributed by atoms with Crippen molar-refractivity contribution in [2.24, 2.45) is 0 Å². The van der Waals surface area contributed by atoms with Crippen molar-refractivity contribution in [1.29, 1.82) is 0 Å². The zero-order valence-corrected chi connectivity index (χ0v) is 42.1. The summed E-state index contributed by atoms with van der Waals surface area (Å²) in [4.78, 5) is 13.0. The van der Waals surface area contributed by atoms with E-state index in [1.807, 2.05) is 0 Å². The molecule has 0 aromatic rings. The van der Waals surface area contributed by atoms with Crippen molar-refractivity contribution in [3.63, 3.8) is 0 Å². The summed E-state index contributed by atoms with van der Waals surface area (Å²) in [6.07, 6.45) is 31.7. The van der Waals surface area contributed by atoms with Crippen LogP contribution in [0, 0.1) is 0 Å². The van der Waals surface area contributed by atoms with Crippen molar-refractivity contribution in [3.05, 3.63) is 48.6 Å². The summed E-state index contributed by atoms with van der Waals surface area (Å²) in [5.74, 6) is -0.388. The van der Waals surface area contributed by atoms with Crippen LogP contribution in [0.25, 0.3) is 0 Å². The van der Waals surface area contributed by atoms with Crippen LogP contribution in [0.15, 0.2) is 48.6 Å². The molecule has 2 aliphatic heterocycles. The Morgan fingerprint density at radius 2 is 0.956 bits per heavy atom. The van der Waals surface area contributed by atoms with Gasteiger partial charge in [0.05, 0.1) is 26.4 Å². The summed E-state index contributed by atoms with van der Waals surface area (Å²) in [7, 11) is 0. The van der Waals surface area contributed by atoms with Crippen LogP contribution in [0.1, 0.15) is 187 Å². The maximum Gasteiger partial charge on any atom is 0.306 e. The number of unbranched alkanes of at least 4 members (excludes halogenated alkanes) is 20. The molecule has 68 heavy (non-hydrogen) atoms. The molecule has 11 unspecified atom stereocenters. The van der Waals surface area contributed by atoms with Gasteiger partial charge in [0, 0.05) is 13.0 Å². The van der Waals surface area contributed by atoms with Crippen molar-refractivity contribution in [2.75, 3.05) is 33.0 Å². The van der Waals surface area contributed by atoms with Gasteiger partial charge < -0.3 is 64.2 Å². The zero-order valence-electron chi connectivity index (χ0n) is 42.1. The molecule has 2 saturated heterocycles. The van der Waals surface area contributed by atoms with Crippen LogP contribution in [0.5, 0.6) is 0 Å². The monoisotopic (exact) mass is 969 g/mol. The number of carbonyl (C=O) groups excluding carboxylic acids is 1. The second-order valence-electron chi connectivity index (χ2n) is 18.7. The Bertz CT molecular complexity index is 1310. The van der Waals surface area contributed by atoms with Gasteiger partial charge in [-0.3, -0.25) is 4.79 Å². The number of aliphatic hydroxyl groups excluding tert-OH is 7. The lowest BCUT2D eigenvalue weighted by molar-refractivity contribution is -0.332. The predicted molar refractivity (Wildman–Crippen MR) is 266 cm³/mol. The van der Waals surface area contributed by atoms with Crippen molar-refractivity contribution >= 4 is 5.97 Å². The lowest BCUT2D eigenvalue weighted by Crippen LogP contribution is -2.61. The van der Waals surface area contributed by atoms with Crippen molar-refractivity contribution in [3.8, 4) is 0 Å². The lowest BCUT2D eigenvalue weighted by atomic mass is 9.98. The van der Waals surface area contributed by atoms with E-state index in [0.717, 1.165) is 83.5 Å². The van der Waals surface area contributed by atoms with E-state index in [4.69, 9.17) is 28.4 Å². The second-order valence-corrected chi connectivity index (χ2v) is 18.7. The van der Waals surface area contributed by atoms with E-state index in [9.17, 15) is 40.5 Å². The van der Waals surface area contributed by atoms with Crippen LogP contribution < -0.4 is 0 Å². The SMILES string of the molecule is CC/C=C\C/C=C\C/C=C\CCCCCCCCCCOCC(COC1OC(COC2OC(CO)C(O)C(O)C2O)C(O)C(O)C1O)OC(=O)CCCCCCC/C=C\CCCCCCCCC. The Hall–Kier alpha value is -2.05. The van der Waals surface area contributed by atoms with E-state index in [1.54, 1.807) is 0 Å². The average molecular weight is 969 g/mol. The van der Waals surface area contributed by atoms with Crippen molar-refractivity contribution < 1.29 is 69.0 Å². The van der Waals surface area contributed by atoms with E-state index in [-0.39, 0.29) is 25.6 Å². The number of ether oxygens (including phenoxy) is 6. The van der Waals surface area contributed by atoms with Gasteiger partial charge in [0.2, 0.25) is 0 Å². The number of carbonyl (C=O) groups is 1. The minimum absolute atomic E-state index is 0.0525. The van der Waals surface area contributed by atoms with Gasteiger partial charge in [0.25, 0.3) is 0 Å². The Morgan fingerprint density at radius 1 is 0.500 bits per heavy atom. The smallest absolute Gasteiger partial charge is 0.306 e. The number of hydrogen-bond acceptors (Lipinski definition) is 14. The first-order valence-corrected chi connectivity index (χ1v) is 26.7. The van der Waals surface area contributed by atoms with Crippen LogP contribution in [-0.2, 0) is 33.2 Å². The third-order valence-corrected chi connectivity index (χ3v) is 12.6. The third kappa shape index (κ3) is 28.7. The molecule has 14 heteroatoms. The fourth-order valence-electron chi connectivity index (χ4n) is 8.24. The number of rotatable bonds is 42. The number of allylic oxidation sites excluding steroid dienone is 8. The number of esters is 1. The molecule has 0 bridgehead atoms. The van der Waals surface area contributed by atoms with Gasteiger partial charge in [-0.2, -0.15) is 0 Å². The molecule has 0 amide bonds. The molecule has 0 radical (unpaired) electrons. The molecule has 0 aromatic carbocycles. The first kappa shape index (κ1) is 62.1. The lowest BCUT2D eigenvalue weighted by Gasteiger charge is -2.42. The summed E-state index contributed by atoms with van der Waals surface area (Å²) in [5.41, 5.74) is 0. The third-order valence-electron chi connectivity index (χ3n) is 12.6. The maximum atomic E-state index is 13.0. The van der Waals surface area contributed by atoms with Gasteiger partial charge in [-0.05, 0) is 70.6 Å². The van der Waals surface area contributed by atoms with E-state index in [0.29, 0.717) is 13.0 Å². The zero-order chi connectivity index (χ0) is 49.5. The molecule has 2 aliphatic rings. The Kier molecular flexibility index (Phi) is 37.9. The number of aliphatic hydroxyl groups is 7. The van der Waals surface area contributed by atoms with Gasteiger partial charge in [0.15, 0.2) is 12.6 Å². The molecular formula is C54H96O14. The van der Waals surface area contributed by atoms with Gasteiger partial charge >= 0.3 is 5.97 Å². The Balaban J connectivity index is 1.76. The van der Waals surface area contributed by atoms with Crippen LogP contribution in [0.3, 0.4) is 0 Å². The highest BCUT2D eigenvalue weighted by Crippen LogP contribution is 2.26. The first-order chi connectivity index (χ1) is 33.1. The highest BCUT2D eigenvalue weighted by molar-refractivity contribution is 5.69. The van der Waals surface area contributed by atoms with Crippen LogP contribution in [-0.4, -0.2) is 142 Å². The average Bonchev–Trinajstić information content (AvgIpc) is 3.33. The van der Waals surface area contributed by atoms with E-state index < -0.39 is 80.7 Å². The van der Waals surface area contributed by atoms with Gasteiger partial charge in [-0.25, -0.2) is 0 Å². The van der Waals surface area contributed by atoms with E-state index in [1.165, 1.54) is 77.0 Å². The minimum atomic E-state index is -1.71. The molecule has 11 atom stereocenters. The van der Waals surface area contributed by atoms with Crippen molar-refractivity contribution in [1.82, 2.24) is 0 Å². The molecule has 0 aromatic heterocycles. The largest absolute Gasteiger partial charge is 0.457 e. The van der Waals surface area contributed by atoms with E-state index in [2.05, 4.69) is 62.5 Å². The molecular weight excluding hydrogens is 873 g/mol. The van der Waals surface area contributed by atoms with Crippen LogP contribution in [0.2, 0.25) is 0 Å². The van der Waals surface area contributed by atoms with Crippen LogP contribution in [0.4, 0.5) is 0 Å². The minimum Gasteiger partial charge on any atom is -0.457 e. The molecule has 7 N–H and O–H groups in total. The van der Waals surface area contributed by atoms with Gasteiger partial charge in [-0.15, -0.1) is 0 Å². The highest BCUT2D eigenvalue weighted by atomic mass is 16.7. The quantitative estimate of drug-likeness (QED) is 0.0174. The van der Waals surface area contributed by atoms with Crippen molar-refractivity contribution in [2.45, 2.75) is 255 Å². The highest BCUT2D eigenvalue weighted by Gasteiger charge is 2.47. The fourth-order valence-corrected chi connectivity index (χ4v) is 8.24. The molecule has 0 aliphatic carbocycles. The number of hydrogen-bond donors (Lipinski definition) is 7. The second kappa shape index (κ2) is 41.6. The molecule has 0 spiro atoms. The molecule has 14 nitrogen and oxygen atoms in total. The summed E-state index contributed by atoms with van der Waals surface area (Å²) < 4.78 is 34.3.